The predicted octanol–water partition coefficient (Wildman–Crippen LogP) is 6.25. The van der Waals surface area contributed by atoms with Crippen LogP contribution in [0.1, 0.15) is 15.2 Å². The van der Waals surface area contributed by atoms with Crippen LogP contribution in [0.2, 0.25) is 0 Å². The van der Waals surface area contributed by atoms with E-state index in [9.17, 15) is 5.11 Å². The molecule has 0 saturated heterocycles. The number of rotatable bonds is 7. The van der Waals surface area contributed by atoms with E-state index in [1.54, 1.807) is 42.5 Å². The fourth-order valence-electron chi connectivity index (χ4n) is 2.70. The van der Waals surface area contributed by atoms with E-state index in [1.165, 1.54) is 0 Å². The van der Waals surface area contributed by atoms with E-state index < -0.39 is 7.04 Å². The van der Waals surface area contributed by atoms with E-state index in [0.29, 0.717) is 24.7 Å². The van der Waals surface area contributed by atoms with E-state index >= 15 is 0 Å². The van der Waals surface area contributed by atoms with Gasteiger partial charge in [-0.05, 0) is 35.4 Å². The van der Waals surface area contributed by atoms with E-state index in [1.807, 2.05) is 66.7 Å². The van der Waals surface area contributed by atoms with Crippen LogP contribution in [0.5, 0.6) is 23.0 Å². The third kappa shape index (κ3) is 7.12. The molecule has 0 bridgehead atoms. The van der Waals surface area contributed by atoms with Crippen LogP contribution < -0.4 is 14.2 Å². The molecule has 1 N–H and O–H groups in total. The lowest BCUT2D eigenvalue weighted by atomic mass is 10.2. The molecule has 0 heterocycles. The number of benzene rings is 4. The van der Waals surface area contributed by atoms with Gasteiger partial charge in [-0.2, -0.15) is 0 Å². The summed E-state index contributed by atoms with van der Waals surface area (Å²) in [5, 5.41) is 9.46. The molecule has 0 aliphatic heterocycles. The highest BCUT2D eigenvalue weighted by atomic mass is 16.5. The summed E-state index contributed by atoms with van der Waals surface area (Å²) in [5.74, 6) is 1.33. The molecule has 0 aliphatic rings. The molecule has 0 atom stereocenters. The molecule has 4 aromatic rings. The van der Waals surface area contributed by atoms with Gasteiger partial charge < -0.3 is 19.3 Å². The minimum atomic E-state index is -2.48. The van der Waals surface area contributed by atoms with Gasteiger partial charge in [0.25, 0.3) is 0 Å². The summed E-state index contributed by atoms with van der Waals surface area (Å²) in [7, 11) is -2.48. The number of aromatic hydroxyl groups is 1. The zero-order valence-corrected chi connectivity index (χ0v) is 17.0. The third-order valence-corrected chi connectivity index (χ3v) is 4.30. The molecule has 0 saturated carbocycles. The quantitative estimate of drug-likeness (QED) is 0.386. The zero-order chi connectivity index (χ0) is 24.2. The van der Waals surface area contributed by atoms with Gasteiger partial charge in [0, 0.05) is 0 Å². The van der Waals surface area contributed by atoms with Crippen LogP contribution in [-0.2, 0) is 13.2 Å². The van der Waals surface area contributed by atoms with Crippen molar-refractivity contribution in [2.24, 2.45) is 0 Å². The summed E-state index contributed by atoms with van der Waals surface area (Å²) < 4.78 is 37.3. The van der Waals surface area contributed by atoms with Crippen LogP contribution in [0, 0.1) is 0 Å². The van der Waals surface area contributed by atoms with Crippen LogP contribution in [-0.4, -0.2) is 12.1 Å². The fraction of sp³-hybridized carbons (Fsp3) is 0.111. The minimum Gasteiger partial charge on any atom is -0.504 e. The van der Waals surface area contributed by atoms with Crippen LogP contribution in [0.3, 0.4) is 0 Å². The Kier molecular flexibility index (Phi) is 6.89. The van der Waals surface area contributed by atoms with Crippen molar-refractivity contribution in [3.05, 3.63) is 120 Å². The number of hydrogen-bond donors (Lipinski definition) is 1. The maximum absolute atomic E-state index is 9.46. The number of phenolic OH excluding ortho intramolecular Hbond substituents is 1. The number of ether oxygens (including phenoxy) is 3. The van der Waals surface area contributed by atoms with Crippen LogP contribution in [0.4, 0.5) is 0 Å². The fourth-order valence-corrected chi connectivity index (χ4v) is 2.70. The first-order valence-electron chi connectivity index (χ1n) is 11.3. The zero-order valence-electron chi connectivity index (χ0n) is 20.0. The first-order valence-corrected chi connectivity index (χ1v) is 9.80. The highest BCUT2D eigenvalue weighted by molar-refractivity contribution is 5.39. The highest BCUT2D eigenvalue weighted by Gasteiger charge is 2.02. The molecule has 4 rings (SSSR count). The summed E-state index contributed by atoms with van der Waals surface area (Å²) in [4.78, 5) is 0. The van der Waals surface area contributed by atoms with Crippen molar-refractivity contribution in [3.8, 4) is 23.0 Å². The Bertz CT molecular complexity index is 1130. The Morgan fingerprint density at radius 3 is 1.58 bits per heavy atom. The smallest absolute Gasteiger partial charge is 0.161 e. The van der Waals surface area contributed by atoms with Gasteiger partial charge in [0.05, 0.1) is 11.2 Å². The first-order chi connectivity index (χ1) is 16.4. The normalized spacial score (nSPS) is 11.7. The second-order valence-electron chi connectivity index (χ2n) is 6.57. The van der Waals surface area contributed by atoms with Gasteiger partial charge in [-0.1, -0.05) is 84.9 Å². The Morgan fingerprint density at radius 1 is 0.581 bits per heavy atom. The van der Waals surface area contributed by atoms with Gasteiger partial charge in [0.15, 0.2) is 23.0 Å². The molecule has 0 aromatic heterocycles. The van der Waals surface area contributed by atoms with E-state index in [4.69, 9.17) is 18.3 Å². The van der Waals surface area contributed by atoms with Gasteiger partial charge in [-0.15, -0.1) is 0 Å². The Labute approximate surface area is 187 Å². The summed E-state index contributed by atoms with van der Waals surface area (Å²) in [5.41, 5.74) is 2.09. The van der Waals surface area contributed by atoms with Gasteiger partial charge in [-0.3, -0.25) is 0 Å². The molecule has 31 heavy (non-hydrogen) atoms. The van der Waals surface area contributed by atoms with Gasteiger partial charge in [-0.25, -0.2) is 0 Å². The largest absolute Gasteiger partial charge is 0.504 e. The van der Waals surface area contributed by atoms with Crippen molar-refractivity contribution in [1.29, 1.82) is 0 Å². The molecule has 0 radical (unpaired) electrons. The summed E-state index contributed by atoms with van der Waals surface area (Å²) in [6, 6.07) is 33.2. The number of phenols is 1. The number of hydrogen-bond acceptors (Lipinski definition) is 4. The van der Waals surface area contributed by atoms with Crippen LogP contribution >= 0.6 is 0 Å². The summed E-state index contributed by atoms with van der Waals surface area (Å²) in [6.45, 7) is 0.834. The predicted molar refractivity (Wildman–Crippen MR) is 123 cm³/mol. The van der Waals surface area contributed by atoms with Gasteiger partial charge >= 0.3 is 0 Å². The van der Waals surface area contributed by atoms with Gasteiger partial charge in [0.1, 0.15) is 13.2 Å². The average Bonchev–Trinajstić information content (AvgIpc) is 2.84. The Balaban J connectivity index is 0.000000196. The SMILES string of the molecule is Oc1ccccc1OCc1ccccc1.[2H]C([2H])([2H])Oc1ccccc1OCc1ccccc1. The number of para-hydroxylation sites is 4. The van der Waals surface area contributed by atoms with Crippen LogP contribution in [0.25, 0.3) is 0 Å². The maximum atomic E-state index is 9.46. The molecule has 4 heteroatoms. The molecule has 0 unspecified atom stereocenters. The van der Waals surface area contributed by atoms with Crippen LogP contribution in [0.15, 0.2) is 109 Å². The highest BCUT2D eigenvalue weighted by Crippen LogP contribution is 2.26. The summed E-state index contributed by atoms with van der Waals surface area (Å²) in [6.07, 6.45) is 0. The average molecular weight is 418 g/mol. The van der Waals surface area contributed by atoms with E-state index in [0.717, 1.165) is 11.1 Å². The van der Waals surface area contributed by atoms with E-state index in [2.05, 4.69) is 0 Å². The first kappa shape index (κ1) is 17.9. The van der Waals surface area contributed by atoms with E-state index in [-0.39, 0.29) is 11.5 Å². The van der Waals surface area contributed by atoms with Crippen molar-refractivity contribution < 1.29 is 23.4 Å². The molecular formula is C27H26O4. The lowest BCUT2D eigenvalue weighted by molar-refractivity contribution is 0.284. The molecule has 158 valence electrons. The van der Waals surface area contributed by atoms with Gasteiger partial charge in [0.2, 0.25) is 0 Å². The Hall–Kier alpha value is -3.92. The van der Waals surface area contributed by atoms with Crippen molar-refractivity contribution >= 4 is 0 Å². The van der Waals surface area contributed by atoms with Crippen molar-refractivity contribution in [2.75, 3.05) is 7.04 Å². The molecule has 0 amide bonds. The standard InChI is InChI=1S/C14H14O2.C13H12O2/c1-15-13-9-5-6-10-14(13)16-11-12-7-3-2-4-8-12;14-12-8-4-5-9-13(12)15-10-11-6-2-1-3-7-11/h2-10H,11H2,1H3;1-9,14H,10H2/i1D3;. The lowest BCUT2D eigenvalue weighted by Gasteiger charge is -2.09. The maximum Gasteiger partial charge on any atom is 0.161 e. The Morgan fingerprint density at radius 2 is 1.03 bits per heavy atom. The topological polar surface area (TPSA) is 47.9 Å². The molecule has 0 fully saturated rings. The van der Waals surface area contributed by atoms with Crippen molar-refractivity contribution in [1.82, 2.24) is 0 Å². The molecule has 0 spiro atoms. The summed E-state index contributed by atoms with van der Waals surface area (Å²) >= 11 is 0. The lowest BCUT2D eigenvalue weighted by Crippen LogP contribution is -1.96. The van der Waals surface area contributed by atoms with Crippen molar-refractivity contribution in [3.63, 3.8) is 0 Å². The second-order valence-corrected chi connectivity index (χ2v) is 6.57. The molecular weight excluding hydrogens is 388 g/mol. The minimum absolute atomic E-state index is 0.174. The molecule has 4 aromatic carbocycles. The number of methoxy groups -OCH3 is 1. The third-order valence-electron chi connectivity index (χ3n) is 4.30. The monoisotopic (exact) mass is 417 g/mol. The van der Waals surface area contributed by atoms with Crippen molar-refractivity contribution in [2.45, 2.75) is 13.2 Å². The second kappa shape index (κ2) is 11.9. The molecule has 4 nitrogen and oxygen atoms in total. The molecule has 0 aliphatic carbocycles.